The predicted octanol–water partition coefficient (Wildman–Crippen LogP) is 2.90. The molecule has 1 aromatic heterocycles. The highest BCUT2D eigenvalue weighted by molar-refractivity contribution is 5.92. The summed E-state index contributed by atoms with van der Waals surface area (Å²) in [7, 11) is 0. The number of aromatic nitrogens is 2. The van der Waals surface area contributed by atoms with Crippen LogP contribution in [-0.2, 0) is 0 Å². The zero-order valence-electron chi connectivity index (χ0n) is 15.4. The topological polar surface area (TPSA) is 94.5 Å². The van der Waals surface area contributed by atoms with E-state index in [1.165, 1.54) is 0 Å². The van der Waals surface area contributed by atoms with Crippen molar-refractivity contribution in [2.24, 2.45) is 5.73 Å². The molecule has 1 saturated heterocycles. The third kappa shape index (κ3) is 4.40. The fraction of sp³-hybridized carbons (Fsp3) is 0.526. The summed E-state index contributed by atoms with van der Waals surface area (Å²) in [6.45, 7) is 6.70. The molecule has 0 saturated carbocycles. The molecular formula is C19H26N4O3. The lowest BCUT2D eigenvalue weighted by Gasteiger charge is -2.21. The number of carbonyl (C=O) groups is 1. The number of carbonyl (C=O) groups excluding carboxylic acids is 1. The average molecular weight is 358 g/mol. The van der Waals surface area contributed by atoms with Gasteiger partial charge in [-0.25, -0.2) is 0 Å². The van der Waals surface area contributed by atoms with Crippen molar-refractivity contribution in [1.82, 2.24) is 15.0 Å². The molecule has 2 aromatic rings. The van der Waals surface area contributed by atoms with Gasteiger partial charge >= 0.3 is 0 Å². The van der Waals surface area contributed by atoms with Crippen LogP contribution < -0.4 is 10.5 Å². The maximum Gasteiger partial charge on any atom is 0.248 e. The van der Waals surface area contributed by atoms with Gasteiger partial charge in [0.2, 0.25) is 11.8 Å². The van der Waals surface area contributed by atoms with Gasteiger partial charge in [-0.05, 0) is 50.1 Å². The van der Waals surface area contributed by atoms with Crippen molar-refractivity contribution in [3.63, 3.8) is 0 Å². The second-order valence-electron chi connectivity index (χ2n) is 6.93. The molecule has 1 aromatic carbocycles. The third-order valence-corrected chi connectivity index (χ3v) is 4.62. The van der Waals surface area contributed by atoms with E-state index in [1.54, 1.807) is 24.3 Å². The number of likely N-dealkylation sites (tertiary alicyclic amines) is 1. The molecular weight excluding hydrogens is 332 g/mol. The summed E-state index contributed by atoms with van der Waals surface area (Å²) in [5.74, 6) is 2.09. The highest BCUT2D eigenvalue weighted by Gasteiger charge is 2.30. The molecule has 2 heterocycles. The number of nitrogens with two attached hydrogens (primary N) is 1. The van der Waals surface area contributed by atoms with E-state index in [-0.39, 0.29) is 12.0 Å². The molecule has 140 valence electrons. The van der Waals surface area contributed by atoms with Crippen molar-refractivity contribution in [2.45, 2.75) is 45.1 Å². The van der Waals surface area contributed by atoms with Crippen LogP contribution in [0.25, 0.3) is 0 Å². The Morgan fingerprint density at radius 2 is 2.15 bits per heavy atom. The molecule has 1 amide bonds. The summed E-state index contributed by atoms with van der Waals surface area (Å²) in [6, 6.07) is 7.10. The summed E-state index contributed by atoms with van der Waals surface area (Å²) in [4.78, 5) is 18.0. The quantitative estimate of drug-likeness (QED) is 0.729. The van der Waals surface area contributed by atoms with Gasteiger partial charge in [-0.2, -0.15) is 4.98 Å². The van der Waals surface area contributed by atoms with Crippen molar-refractivity contribution in [3.05, 3.63) is 41.5 Å². The SMILES string of the molecule is CC(C)c1noc([C@H]2CCCN2CCCOc2ccc(C(N)=O)cc2)n1. The standard InChI is InChI=1S/C19H26N4O3/c1-13(2)18-21-19(26-22-18)16-5-3-10-23(16)11-4-12-25-15-8-6-14(7-9-15)17(20)24/h6-9,13,16H,3-5,10-12H2,1-2H3,(H2,20,24)/t16-/m1/s1. The van der Waals surface area contributed by atoms with Crippen molar-refractivity contribution in [1.29, 1.82) is 0 Å². The van der Waals surface area contributed by atoms with Crippen LogP contribution in [-0.4, -0.2) is 40.6 Å². The third-order valence-electron chi connectivity index (χ3n) is 4.62. The zero-order chi connectivity index (χ0) is 18.5. The van der Waals surface area contributed by atoms with Crippen molar-refractivity contribution in [2.75, 3.05) is 19.7 Å². The molecule has 7 heteroatoms. The monoisotopic (exact) mass is 358 g/mol. The lowest BCUT2D eigenvalue weighted by atomic mass is 10.2. The summed E-state index contributed by atoms with van der Waals surface area (Å²) in [5.41, 5.74) is 5.72. The van der Waals surface area contributed by atoms with Gasteiger partial charge in [0.1, 0.15) is 5.75 Å². The molecule has 0 radical (unpaired) electrons. The van der Waals surface area contributed by atoms with Gasteiger partial charge < -0.3 is 15.0 Å². The maximum absolute atomic E-state index is 11.1. The number of nitrogens with zero attached hydrogens (tertiary/aromatic N) is 3. The minimum atomic E-state index is -0.432. The van der Waals surface area contributed by atoms with E-state index in [1.807, 2.05) is 0 Å². The first-order valence-electron chi connectivity index (χ1n) is 9.15. The number of primary amides is 1. The second kappa shape index (κ2) is 8.31. The van der Waals surface area contributed by atoms with Crippen LogP contribution in [0.1, 0.15) is 67.1 Å². The Morgan fingerprint density at radius 1 is 1.38 bits per heavy atom. The Kier molecular flexibility index (Phi) is 5.88. The molecule has 0 bridgehead atoms. The van der Waals surface area contributed by atoms with Gasteiger partial charge in [0, 0.05) is 18.0 Å². The fourth-order valence-corrected chi connectivity index (χ4v) is 3.16. The van der Waals surface area contributed by atoms with Crippen LogP contribution in [0.2, 0.25) is 0 Å². The molecule has 7 nitrogen and oxygen atoms in total. The van der Waals surface area contributed by atoms with Crippen molar-refractivity contribution < 1.29 is 14.1 Å². The highest BCUT2D eigenvalue weighted by atomic mass is 16.5. The van der Waals surface area contributed by atoms with Gasteiger partial charge in [0.25, 0.3) is 0 Å². The number of hydrogen-bond acceptors (Lipinski definition) is 6. The average Bonchev–Trinajstić information content (AvgIpc) is 3.28. The highest BCUT2D eigenvalue weighted by Crippen LogP contribution is 2.31. The summed E-state index contributed by atoms with van der Waals surface area (Å²) in [5, 5.41) is 4.08. The van der Waals surface area contributed by atoms with Crippen molar-refractivity contribution >= 4 is 5.91 Å². The first-order chi connectivity index (χ1) is 12.5. The van der Waals surface area contributed by atoms with E-state index < -0.39 is 5.91 Å². The van der Waals surface area contributed by atoms with Crippen LogP contribution >= 0.6 is 0 Å². The summed E-state index contributed by atoms with van der Waals surface area (Å²) in [6.07, 6.45) is 3.09. The van der Waals surface area contributed by atoms with Gasteiger partial charge in [-0.15, -0.1) is 0 Å². The molecule has 0 aliphatic carbocycles. The van der Waals surface area contributed by atoms with Crippen LogP contribution in [0.3, 0.4) is 0 Å². The Bertz CT molecular complexity index is 727. The Balaban J connectivity index is 1.47. The minimum Gasteiger partial charge on any atom is -0.494 e. The van der Waals surface area contributed by atoms with Crippen LogP contribution in [0, 0.1) is 0 Å². The van der Waals surface area contributed by atoms with Crippen LogP contribution in [0.15, 0.2) is 28.8 Å². The first-order valence-corrected chi connectivity index (χ1v) is 9.15. The lowest BCUT2D eigenvalue weighted by molar-refractivity contribution is 0.1000. The summed E-state index contributed by atoms with van der Waals surface area (Å²) >= 11 is 0. The molecule has 2 N–H and O–H groups in total. The van der Waals surface area contributed by atoms with Crippen molar-refractivity contribution in [3.8, 4) is 5.75 Å². The number of hydrogen-bond donors (Lipinski definition) is 1. The zero-order valence-corrected chi connectivity index (χ0v) is 15.4. The van der Waals surface area contributed by atoms with Gasteiger partial charge in [0.15, 0.2) is 5.82 Å². The predicted molar refractivity (Wildman–Crippen MR) is 97.0 cm³/mol. The number of benzene rings is 1. The normalized spacial score (nSPS) is 17.7. The number of rotatable bonds is 8. The van der Waals surface area contributed by atoms with Gasteiger partial charge in [-0.3, -0.25) is 9.69 Å². The van der Waals surface area contributed by atoms with E-state index in [9.17, 15) is 4.79 Å². The van der Waals surface area contributed by atoms with E-state index in [0.717, 1.165) is 49.8 Å². The Labute approximate surface area is 153 Å². The molecule has 26 heavy (non-hydrogen) atoms. The second-order valence-corrected chi connectivity index (χ2v) is 6.93. The maximum atomic E-state index is 11.1. The fourth-order valence-electron chi connectivity index (χ4n) is 3.16. The van der Waals surface area contributed by atoms with Gasteiger partial charge in [0.05, 0.1) is 12.6 Å². The smallest absolute Gasteiger partial charge is 0.248 e. The van der Waals surface area contributed by atoms with Crippen LogP contribution in [0.4, 0.5) is 0 Å². The first kappa shape index (κ1) is 18.4. The summed E-state index contributed by atoms with van der Waals surface area (Å²) < 4.78 is 11.2. The van der Waals surface area contributed by atoms with Gasteiger partial charge in [-0.1, -0.05) is 19.0 Å². The van der Waals surface area contributed by atoms with E-state index in [4.69, 9.17) is 15.0 Å². The minimum absolute atomic E-state index is 0.213. The molecule has 1 aliphatic rings. The molecule has 3 rings (SSSR count). The van der Waals surface area contributed by atoms with E-state index in [0.29, 0.717) is 12.2 Å². The molecule has 0 unspecified atom stereocenters. The molecule has 1 fully saturated rings. The Morgan fingerprint density at radius 3 is 2.81 bits per heavy atom. The Hall–Kier alpha value is -2.41. The van der Waals surface area contributed by atoms with E-state index in [2.05, 4.69) is 28.9 Å². The van der Waals surface area contributed by atoms with E-state index >= 15 is 0 Å². The lowest BCUT2D eigenvalue weighted by Crippen LogP contribution is -2.25. The molecule has 0 spiro atoms. The number of amides is 1. The molecule has 1 aliphatic heterocycles. The van der Waals surface area contributed by atoms with Crippen LogP contribution in [0.5, 0.6) is 5.75 Å². The molecule has 1 atom stereocenters. The largest absolute Gasteiger partial charge is 0.494 e. The number of ether oxygens (including phenoxy) is 1.